The zero-order valence-corrected chi connectivity index (χ0v) is 12.5. The number of aryl methyl sites for hydroxylation is 2. The van der Waals surface area contributed by atoms with Gasteiger partial charge in [0.05, 0.1) is 16.4 Å². The number of aromatic nitrogens is 2. The molecule has 20 heavy (non-hydrogen) atoms. The van der Waals surface area contributed by atoms with Crippen LogP contribution in [0.1, 0.15) is 18.2 Å². The highest BCUT2D eigenvalue weighted by Gasteiger charge is 2.05. The van der Waals surface area contributed by atoms with Crippen molar-refractivity contribution >= 4 is 28.9 Å². The van der Waals surface area contributed by atoms with Gasteiger partial charge >= 0.3 is 0 Å². The average Bonchev–Trinajstić information content (AvgIpc) is 2.68. The second-order valence-corrected chi connectivity index (χ2v) is 5.05. The summed E-state index contributed by atoms with van der Waals surface area (Å²) in [5.74, 6) is -0.140. The highest BCUT2D eigenvalue weighted by Crippen LogP contribution is 2.25. The molecular formula is C14H17ClN4O. The number of halogens is 1. The molecule has 0 unspecified atom stereocenters. The highest BCUT2D eigenvalue weighted by atomic mass is 35.5. The number of anilines is 2. The van der Waals surface area contributed by atoms with E-state index in [1.165, 1.54) is 6.92 Å². The number of hydrogen-bond acceptors (Lipinski definition) is 3. The maximum Gasteiger partial charge on any atom is 0.221 e. The molecular weight excluding hydrogens is 276 g/mol. The Kier molecular flexibility index (Phi) is 4.29. The lowest BCUT2D eigenvalue weighted by Crippen LogP contribution is -2.06. The fourth-order valence-electron chi connectivity index (χ4n) is 1.94. The van der Waals surface area contributed by atoms with Crippen LogP contribution in [0.4, 0.5) is 11.4 Å². The number of rotatable bonds is 4. The highest BCUT2D eigenvalue weighted by molar-refractivity contribution is 6.34. The summed E-state index contributed by atoms with van der Waals surface area (Å²) in [6.07, 6.45) is 1.98. The average molecular weight is 293 g/mol. The van der Waals surface area contributed by atoms with E-state index in [4.69, 9.17) is 11.6 Å². The molecule has 0 bridgehead atoms. The summed E-state index contributed by atoms with van der Waals surface area (Å²) in [5.41, 5.74) is 3.64. The van der Waals surface area contributed by atoms with Crippen LogP contribution in [-0.4, -0.2) is 15.7 Å². The van der Waals surface area contributed by atoms with Crippen LogP contribution in [0.25, 0.3) is 0 Å². The summed E-state index contributed by atoms with van der Waals surface area (Å²) >= 11 is 6.12. The largest absolute Gasteiger partial charge is 0.381 e. The Morgan fingerprint density at radius 2 is 2.20 bits per heavy atom. The van der Waals surface area contributed by atoms with Crippen LogP contribution in [0.3, 0.4) is 0 Å². The molecule has 0 aliphatic rings. The second kappa shape index (κ2) is 5.96. The maximum absolute atomic E-state index is 11.0. The number of benzene rings is 1. The van der Waals surface area contributed by atoms with Crippen molar-refractivity contribution in [3.63, 3.8) is 0 Å². The van der Waals surface area contributed by atoms with E-state index in [0.717, 1.165) is 16.9 Å². The summed E-state index contributed by atoms with van der Waals surface area (Å²) < 4.78 is 1.79. The number of amides is 1. The van der Waals surface area contributed by atoms with Crippen LogP contribution >= 0.6 is 11.6 Å². The smallest absolute Gasteiger partial charge is 0.221 e. The molecule has 6 heteroatoms. The Morgan fingerprint density at radius 1 is 1.45 bits per heavy atom. The third kappa shape index (κ3) is 3.51. The van der Waals surface area contributed by atoms with Crippen molar-refractivity contribution in [3.05, 3.63) is 40.7 Å². The summed E-state index contributed by atoms with van der Waals surface area (Å²) in [4.78, 5) is 11.0. The van der Waals surface area contributed by atoms with Crippen molar-refractivity contribution in [2.24, 2.45) is 7.05 Å². The first-order chi connectivity index (χ1) is 9.45. The molecule has 0 spiro atoms. The molecule has 5 nitrogen and oxygen atoms in total. The van der Waals surface area contributed by atoms with Gasteiger partial charge in [-0.05, 0) is 25.1 Å². The normalized spacial score (nSPS) is 10.4. The minimum absolute atomic E-state index is 0.140. The molecule has 1 aromatic carbocycles. The van der Waals surface area contributed by atoms with Gasteiger partial charge in [0.2, 0.25) is 5.91 Å². The zero-order valence-electron chi connectivity index (χ0n) is 11.7. The summed E-state index contributed by atoms with van der Waals surface area (Å²) in [6, 6.07) is 5.45. The fraction of sp³-hybridized carbons (Fsp3) is 0.286. The maximum atomic E-state index is 11.0. The predicted octanol–water partition coefficient (Wildman–Crippen LogP) is 2.95. The molecule has 2 aromatic rings. The minimum Gasteiger partial charge on any atom is -0.381 e. The molecule has 1 heterocycles. The molecule has 0 saturated heterocycles. The van der Waals surface area contributed by atoms with Crippen molar-refractivity contribution in [3.8, 4) is 0 Å². The Bertz CT molecular complexity index is 636. The second-order valence-electron chi connectivity index (χ2n) is 4.64. The molecule has 0 aliphatic carbocycles. The van der Waals surface area contributed by atoms with Crippen LogP contribution in [-0.2, 0) is 18.4 Å². The van der Waals surface area contributed by atoms with Crippen LogP contribution in [0, 0.1) is 6.92 Å². The zero-order chi connectivity index (χ0) is 14.7. The van der Waals surface area contributed by atoms with E-state index < -0.39 is 0 Å². The molecule has 0 saturated carbocycles. The van der Waals surface area contributed by atoms with Crippen LogP contribution < -0.4 is 10.6 Å². The van der Waals surface area contributed by atoms with Crippen molar-refractivity contribution in [1.29, 1.82) is 0 Å². The summed E-state index contributed by atoms with van der Waals surface area (Å²) in [7, 11) is 1.90. The van der Waals surface area contributed by atoms with Gasteiger partial charge in [-0.1, -0.05) is 11.6 Å². The Hall–Kier alpha value is -2.01. The van der Waals surface area contributed by atoms with E-state index >= 15 is 0 Å². The van der Waals surface area contributed by atoms with Gasteiger partial charge in [-0.3, -0.25) is 9.48 Å². The fourth-order valence-corrected chi connectivity index (χ4v) is 2.16. The number of carbonyl (C=O) groups excluding carboxylic acids is 1. The SMILES string of the molecule is CC(=O)Nc1ccc(NCc2cn(C)nc2C)cc1Cl. The van der Waals surface area contributed by atoms with E-state index in [1.54, 1.807) is 16.8 Å². The van der Waals surface area contributed by atoms with Gasteiger partial charge in [0.15, 0.2) is 0 Å². The lowest BCUT2D eigenvalue weighted by Gasteiger charge is -2.09. The number of nitrogens with one attached hydrogen (secondary N) is 2. The van der Waals surface area contributed by atoms with Gasteiger partial charge in [-0.25, -0.2) is 0 Å². The van der Waals surface area contributed by atoms with Gasteiger partial charge in [-0.15, -0.1) is 0 Å². The Morgan fingerprint density at radius 3 is 2.75 bits per heavy atom. The topological polar surface area (TPSA) is 59.0 Å². The lowest BCUT2D eigenvalue weighted by molar-refractivity contribution is -0.114. The minimum atomic E-state index is -0.140. The number of carbonyl (C=O) groups is 1. The van der Waals surface area contributed by atoms with Crippen molar-refractivity contribution < 1.29 is 4.79 Å². The summed E-state index contributed by atoms with van der Waals surface area (Å²) in [6.45, 7) is 4.10. The van der Waals surface area contributed by atoms with E-state index in [9.17, 15) is 4.79 Å². The van der Waals surface area contributed by atoms with E-state index in [0.29, 0.717) is 17.3 Å². The standard InChI is InChI=1S/C14H17ClN4O/c1-9-11(8-19(3)18-9)7-16-12-4-5-14(13(15)6-12)17-10(2)20/h4-6,8,16H,7H2,1-3H3,(H,17,20). The molecule has 0 fully saturated rings. The van der Waals surface area contributed by atoms with E-state index in [-0.39, 0.29) is 5.91 Å². The molecule has 2 rings (SSSR count). The Labute approximate surface area is 122 Å². The third-order valence-electron chi connectivity index (χ3n) is 2.88. The van der Waals surface area contributed by atoms with Crippen LogP contribution in [0.5, 0.6) is 0 Å². The quantitative estimate of drug-likeness (QED) is 0.911. The van der Waals surface area contributed by atoms with Gasteiger partial charge in [0.1, 0.15) is 0 Å². The van der Waals surface area contributed by atoms with Gasteiger partial charge in [0.25, 0.3) is 0 Å². The molecule has 0 aliphatic heterocycles. The Balaban J connectivity index is 2.05. The van der Waals surface area contributed by atoms with Crippen LogP contribution in [0.2, 0.25) is 5.02 Å². The molecule has 1 amide bonds. The van der Waals surface area contributed by atoms with Crippen molar-refractivity contribution in [2.45, 2.75) is 20.4 Å². The summed E-state index contributed by atoms with van der Waals surface area (Å²) in [5, 5.41) is 10.8. The molecule has 2 N–H and O–H groups in total. The van der Waals surface area contributed by atoms with Gasteiger partial charge in [-0.2, -0.15) is 5.10 Å². The third-order valence-corrected chi connectivity index (χ3v) is 3.19. The molecule has 0 radical (unpaired) electrons. The molecule has 1 aromatic heterocycles. The van der Waals surface area contributed by atoms with Gasteiger partial charge in [0, 0.05) is 38.0 Å². The van der Waals surface area contributed by atoms with Crippen molar-refractivity contribution in [1.82, 2.24) is 9.78 Å². The molecule has 106 valence electrons. The van der Waals surface area contributed by atoms with Crippen molar-refractivity contribution in [2.75, 3.05) is 10.6 Å². The molecule has 0 atom stereocenters. The first-order valence-corrected chi connectivity index (χ1v) is 6.63. The first kappa shape index (κ1) is 14.4. The number of nitrogens with zero attached hydrogens (tertiary/aromatic N) is 2. The van der Waals surface area contributed by atoms with Gasteiger partial charge < -0.3 is 10.6 Å². The van der Waals surface area contributed by atoms with E-state index in [1.807, 2.05) is 26.2 Å². The first-order valence-electron chi connectivity index (χ1n) is 6.26. The predicted molar refractivity (Wildman–Crippen MR) is 81.0 cm³/mol. The van der Waals surface area contributed by atoms with Crippen LogP contribution in [0.15, 0.2) is 24.4 Å². The number of hydrogen-bond donors (Lipinski definition) is 2. The van der Waals surface area contributed by atoms with E-state index in [2.05, 4.69) is 15.7 Å². The monoisotopic (exact) mass is 292 g/mol. The lowest BCUT2D eigenvalue weighted by atomic mass is 10.2.